The minimum Gasteiger partial charge on any atom is -0.352 e. The number of halogens is 2. The number of hydrogen-bond donors (Lipinski definition) is 1. The molecule has 2 aromatic carbocycles. The predicted molar refractivity (Wildman–Crippen MR) is 128 cm³/mol. The topological polar surface area (TPSA) is 86.8 Å². The van der Waals surface area contributed by atoms with E-state index in [0.29, 0.717) is 17.0 Å². The Morgan fingerprint density at radius 3 is 2.30 bits per heavy atom. The lowest BCUT2D eigenvalue weighted by molar-refractivity contribution is -0.139. The zero-order valence-corrected chi connectivity index (χ0v) is 20.7. The molecule has 0 aliphatic carbocycles. The van der Waals surface area contributed by atoms with Crippen LogP contribution >= 0.6 is 11.6 Å². The fraction of sp³-hybridized carbons (Fsp3) is 0.391. The molecule has 2 rings (SSSR count). The van der Waals surface area contributed by atoms with Crippen LogP contribution in [0.25, 0.3) is 0 Å². The second kappa shape index (κ2) is 11.5. The molecule has 0 fully saturated rings. The fourth-order valence-corrected chi connectivity index (χ4v) is 4.05. The Morgan fingerprint density at radius 1 is 1.12 bits per heavy atom. The Morgan fingerprint density at radius 2 is 1.76 bits per heavy atom. The largest absolute Gasteiger partial charge is 0.352 e. The van der Waals surface area contributed by atoms with Crippen LogP contribution in [0, 0.1) is 5.82 Å². The highest BCUT2D eigenvalue weighted by molar-refractivity contribution is 7.92. The lowest BCUT2D eigenvalue weighted by atomic mass is 10.1. The second-order valence-electron chi connectivity index (χ2n) is 7.89. The smallest absolute Gasteiger partial charge is 0.244 e. The third-order valence-corrected chi connectivity index (χ3v) is 6.60. The molecule has 0 spiro atoms. The van der Waals surface area contributed by atoms with Gasteiger partial charge in [0.25, 0.3) is 0 Å². The molecule has 180 valence electrons. The van der Waals surface area contributed by atoms with Crippen molar-refractivity contribution < 1.29 is 22.4 Å². The number of carbonyl (C=O) groups excluding carboxylic acids is 2. The molecular weight excluding hydrogens is 469 g/mol. The van der Waals surface area contributed by atoms with E-state index in [-0.39, 0.29) is 24.2 Å². The Kier molecular flexibility index (Phi) is 9.25. The van der Waals surface area contributed by atoms with E-state index < -0.39 is 34.3 Å². The summed E-state index contributed by atoms with van der Waals surface area (Å²) in [6, 6.07) is 10.8. The molecule has 0 heterocycles. The summed E-state index contributed by atoms with van der Waals surface area (Å²) in [5.41, 5.74) is 0.738. The first-order chi connectivity index (χ1) is 15.4. The second-order valence-corrected chi connectivity index (χ2v) is 10.2. The van der Waals surface area contributed by atoms with Crippen LogP contribution in [0.5, 0.6) is 0 Å². The molecule has 0 bridgehead atoms. The minimum absolute atomic E-state index is 0.0222. The molecule has 0 unspecified atom stereocenters. The van der Waals surface area contributed by atoms with Gasteiger partial charge in [-0.2, -0.15) is 0 Å². The molecule has 0 aliphatic heterocycles. The normalized spacial score (nSPS) is 13.2. The maximum Gasteiger partial charge on any atom is 0.244 e. The summed E-state index contributed by atoms with van der Waals surface area (Å²) >= 11 is 5.95. The first-order valence-corrected chi connectivity index (χ1v) is 12.7. The van der Waals surface area contributed by atoms with Gasteiger partial charge >= 0.3 is 0 Å². The van der Waals surface area contributed by atoms with E-state index in [1.54, 1.807) is 31.2 Å². The van der Waals surface area contributed by atoms with E-state index in [0.717, 1.165) is 16.6 Å². The van der Waals surface area contributed by atoms with E-state index in [2.05, 4.69) is 5.32 Å². The van der Waals surface area contributed by atoms with Gasteiger partial charge in [-0.1, -0.05) is 36.7 Å². The number of rotatable bonds is 10. The molecule has 2 atom stereocenters. The van der Waals surface area contributed by atoms with E-state index >= 15 is 0 Å². The Bertz CT molecular complexity index is 1080. The van der Waals surface area contributed by atoms with Gasteiger partial charge in [-0.15, -0.1) is 0 Å². The summed E-state index contributed by atoms with van der Waals surface area (Å²) in [5, 5.41) is 3.37. The number of amides is 2. The van der Waals surface area contributed by atoms with Crippen LogP contribution in [0.15, 0.2) is 48.5 Å². The van der Waals surface area contributed by atoms with Gasteiger partial charge in [0.15, 0.2) is 0 Å². The molecule has 33 heavy (non-hydrogen) atoms. The van der Waals surface area contributed by atoms with Crippen molar-refractivity contribution in [2.24, 2.45) is 0 Å². The summed E-state index contributed by atoms with van der Waals surface area (Å²) in [7, 11) is -3.91. The summed E-state index contributed by atoms with van der Waals surface area (Å²) in [4.78, 5) is 27.4. The first-order valence-electron chi connectivity index (χ1n) is 10.5. The number of carbonyl (C=O) groups is 2. The minimum atomic E-state index is -3.91. The number of sulfonamides is 1. The van der Waals surface area contributed by atoms with Crippen molar-refractivity contribution >= 4 is 39.1 Å². The summed E-state index contributed by atoms with van der Waals surface area (Å²) in [6.45, 7) is 4.84. The molecule has 0 saturated carbocycles. The monoisotopic (exact) mass is 497 g/mol. The van der Waals surface area contributed by atoms with Gasteiger partial charge in [0.2, 0.25) is 21.8 Å². The summed E-state index contributed by atoms with van der Waals surface area (Å²) in [6.07, 6.45) is 1.65. The quantitative estimate of drug-likeness (QED) is 0.543. The van der Waals surface area contributed by atoms with Crippen molar-refractivity contribution in [1.82, 2.24) is 10.2 Å². The van der Waals surface area contributed by atoms with Gasteiger partial charge in [-0.05, 0) is 56.2 Å². The highest BCUT2D eigenvalue weighted by atomic mass is 35.5. The summed E-state index contributed by atoms with van der Waals surface area (Å²) in [5.74, 6) is -1.59. The molecule has 0 aromatic heterocycles. The van der Waals surface area contributed by atoms with Crippen molar-refractivity contribution in [1.29, 1.82) is 0 Å². The van der Waals surface area contributed by atoms with Crippen molar-refractivity contribution in [3.8, 4) is 0 Å². The Balaban J connectivity index is 2.37. The maximum absolute atomic E-state index is 13.7. The van der Waals surface area contributed by atoms with Gasteiger partial charge < -0.3 is 10.2 Å². The predicted octanol–water partition coefficient (Wildman–Crippen LogP) is 3.58. The molecule has 0 aliphatic rings. The van der Waals surface area contributed by atoms with E-state index in [9.17, 15) is 22.4 Å². The first kappa shape index (κ1) is 26.6. The van der Waals surface area contributed by atoms with Crippen LogP contribution in [-0.4, -0.2) is 50.0 Å². The molecule has 7 nitrogen and oxygen atoms in total. The number of nitrogens with zero attached hydrogens (tertiary/aromatic N) is 2. The molecule has 0 saturated heterocycles. The number of hydrogen-bond acceptors (Lipinski definition) is 4. The Labute approximate surface area is 199 Å². The van der Waals surface area contributed by atoms with Crippen molar-refractivity contribution in [3.05, 3.63) is 64.9 Å². The van der Waals surface area contributed by atoms with Gasteiger partial charge in [-0.25, -0.2) is 12.8 Å². The lowest BCUT2D eigenvalue weighted by Crippen LogP contribution is -2.52. The SMILES string of the molecule is CC[C@@H](C)NC(=O)[C@H](C)N(Cc1ccc(Cl)cc1)C(=O)CN(c1cccc(F)c1)S(C)(=O)=O. The standard InChI is InChI=1S/C23H29ClFN3O4S/c1-5-16(2)26-23(30)17(3)27(14-18-9-11-19(24)12-10-18)22(29)15-28(33(4,31)32)21-8-6-7-20(25)13-21/h6-13,16-17H,5,14-15H2,1-4H3,(H,26,30)/t16-,17+/m1/s1. The van der Waals surface area contributed by atoms with Gasteiger partial charge in [0, 0.05) is 17.6 Å². The average molecular weight is 498 g/mol. The third kappa shape index (κ3) is 7.71. The molecule has 0 radical (unpaired) electrons. The zero-order chi connectivity index (χ0) is 24.8. The maximum atomic E-state index is 13.7. The van der Waals surface area contributed by atoms with Gasteiger partial charge in [0.1, 0.15) is 18.4 Å². The van der Waals surface area contributed by atoms with Crippen LogP contribution in [0.3, 0.4) is 0 Å². The van der Waals surface area contributed by atoms with Crippen LogP contribution in [0.2, 0.25) is 5.02 Å². The van der Waals surface area contributed by atoms with Crippen LogP contribution in [-0.2, 0) is 26.2 Å². The van der Waals surface area contributed by atoms with Crippen LogP contribution < -0.4 is 9.62 Å². The van der Waals surface area contributed by atoms with Gasteiger partial charge in [-0.3, -0.25) is 13.9 Å². The fourth-order valence-electron chi connectivity index (χ4n) is 3.08. The Hall–Kier alpha value is -2.65. The third-order valence-electron chi connectivity index (χ3n) is 5.21. The highest BCUT2D eigenvalue weighted by Crippen LogP contribution is 2.20. The molecule has 10 heteroatoms. The van der Waals surface area contributed by atoms with Gasteiger partial charge in [0.05, 0.1) is 11.9 Å². The van der Waals surface area contributed by atoms with Crippen molar-refractivity contribution in [2.75, 3.05) is 17.1 Å². The lowest BCUT2D eigenvalue weighted by Gasteiger charge is -2.32. The number of benzene rings is 2. The van der Waals surface area contributed by atoms with Crippen LogP contribution in [0.1, 0.15) is 32.8 Å². The van der Waals surface area contributed by atoms with Crippen LogP contribution in [0.4, 0.5) is 10.1 Å². The van der Waals surface area contributed by atoms with E-state index in [1.807, 2.05) is 13.8 Å². The van der Waals surface area contributed by atoms with Crippen molar-refractivity contribution in [2.45, 2.75) is 45.8 Å². The number of nitrogens with one attached hydrogen (secondary N) is 1. The average Bonchev–Trinajstić information content (AvgIpc) is 2.75. The molecule has 1 N–H and O–H groups in total. The van der Waals surface area contributed by atoms with E-state index in [4.69, 9.17) is 11.6 Å². The zero-order valence-electron chi connectivity index (χ0n) is 19.1. The highest BCUT2D eigenvalue weighted by Gasteiger charge is 2.30. The van der Waals surface area contributed by atoms with Crippen molar-refractivity contribution in [3.63, 3.8) is 0 Å². The van der Waals surface area contributed by atoms with E-state index in [1.165, 1.54) is 23.1 Å². The molecular formula is C23H29ClFN3O4S. The molecule has 2 aromatic rings. The number of anilines is 1. The summed E-state index contributed by atoms with van der Waals surface area (Å²) < 4.78 is 39.4. The molecule has 2 amide bonds.